The van der Waals surface area contributed by atoms with Crippen LogP contribution in [0.2, 0.25) is 0 Å². The van der Waals surface area contributed by atoms with E-state index in [0.29, 0.717) is 23.8 Å². The molecule has 2 aromatic heterocycles. The average Bonchev–Trinajstić information content (AvgIpc) is 3.54. The molecule has 184 valence electrons. The minimum absolute atomic E-state index is 0.0136. The van der Waals surface area contributed by atoms with Crippen LogP contribution in [0, 0.1) is 5.92 Å². The van der Waals surface area contributed by atoms with Gasteiger partial charge >= 0.3 is 0 Å². The molecule has 1 aromatic carbocycles. The number of rotatable bonds is 9. The third-order valence-electron chi connectivity index (χ3n) is 7.83. The number of pyridine rings is 1. The molecule has 0 aliphatic carbocycles. The van der Waals surface area contributed by atoms with Crippen LogP contribution in [0.15, 0.2) is 48.7 Å². The zero-order valence-corrected chi connectivity index (χ0v) is 20.8. The molecule has 2 N–H and O–H groups in total. The highest BCUT2D eigenvalue weighted by Gasteiger charge is 2.53. The number of hydrogen-bond acceptors (Lipinski definition) is 6. The van der Waals surface area contributed by atoms with Crippen LogP contribution >= 0.6 is 0 Å². The van der Waals surface area contributed by atoms with Crippen molar-refractivity contribution in [1.82, 2.24) is 20.3 Å². The predicted octanol–water partition coefficient (Wildman–Crippen LogP) is 4.73. The molecular formula is C28H36N6O. The molecule has 35 heavy (non-hydrogen) atoms. The maximum absolute atomic E-state index is 12.8. The van der Waals surface area contributed by atoms with Crippen LogP contribution in [0.5, 0.6) is 0 Å². The SMILES string of the molecule is CC(CCCc1ccccc1)[C@@]1(C)NC1CC(=O)Nc1ccc2ncc(N3CCCCC3)nc2n1. The van der Waals surface area contributed by atoms with Gasteiger partial charge in [-0.15, -0.1) is 0 Å². The lowest BCUT2D eigenvalue weighted by molar-refractivity contribution is -0.116. The molecule has 0 saturated carbocycles. The van der Waals surface area contributed by atoms with Crippen LogP contribution in [0.25, 0.3) is 11.2 Å². The van der Waals surface area contributed by atoms with Gasteiger partial charge in [0.25, 0.3) is 0 Å². The highest BCUT2D eigenvalue weighted by atomic mass is 16.1. The Morgan fingerprint density at radius 2 is 1.94 bits per heavy atom. The van der Waals surface area contributed by atoms with Crippen LogP contribution in [0.3, 0.4) is 0 Å². The Hall–Kier alpha value is -3.06. The topological polar surface area (TPSA) is 93.0 Å². The van der Waals surface area contributed by atoms with Crippen LogP contribution in [0.1, 0.15) is 57.9 Å². The Bertz CT molecular complexity index is 1160. The van der Waals surface area contributed by atoms with E-state index in [4.69, 9.17) is 4.98 Å². The normalized spacial score (nSPS) is 22.7. The number of fused-ring (bicyclic) bond motifs is 1. The summed E-state index contributed by atoms with van der Waals surface area (Å²) in [6.45, 7) is 6.55. The Morgan fingerprint density at radius 3 is 2.74 bits per heavy atom. The molecule has 7 heteroatoms. The number of aromatic nitrogens is 3. The standard InChI is InChI=1S/C28H36N6O/c1-20(10-9-13-21-11-5-3-6-12-21)28(2)23(33-28)18-26(35)30-24-15-14-22-27(31-24)32-25(19-29-22)34-16-7-4-8-17-34/h3,5-6,11-12,14-15,19-20,23,33H,4,7-10,13,16-18H2,1-2H3,(H,30,31,32,35)/t20?,23?,28-/m1/s1. The molecule has 3 atom stereocenters. The van der Waals surface area contributed by atoms with Crippen molar-refractivity contribution >= 4 is 28.7 Å². The van der Waals surface area contributed by atoms with Crippen LogP contribution in [-0.4, -0.2) is 45.5 Å². The van der Waals surface area contributed by atoms with Gasteiger partial charge in [0.05, 0.1) is 6.20 Å². The van der Waals surface area contributed by atoms with Gasteiger partial charge in [-0.2, -0.15) is 0 Å². The first kappa shape index (κ1) is 23.7. The number of piperidine rings is 1. The van der Waals surface area contributed by atoms with Crippen molar-refractivity contribution in [2.24, 2.45) is 5.92 Å². The van der Waals surface area contributed by atoms with Crippen LogP contribution < -0.4 is 15.5 Å². The summed E-state index contributed by atoms with van der Waals surface area (Å²) in [5, 5.41) is 6.55. The summed E-state index contributed by atoms with van der Waals surface area (Å²) < 4.78 is 0. The van der Waals surface area contributed by atoms with Crippen LogP contribution in [-0.2, 0) is 11.2 Å². The molecule has 5 rings (SSSR count). The van der Waals surface area contributed by atoms with E-state index in [-0.39, 0.29) is 17.5 Å². The molecule has 1 amide bonds. The Kier molecular flexibility index (Phi) is 6.95. The third kappa shape index (κ3) is 5.61. The number of anilines is 2. The number of amides is 1. The van der Waals surface area contributed by atoms with Gasteiger partial charge in [-0.25, -0.2) is 15.0 Å². The maximum Gasteiger partial charge on any atom is 0.227 e. The molecule has 0 radical (unpaired) electrons. The minimum Gasteiger partial charge on any atom is -0.355 e. The van der Waals surface area contributed by atoms with Gasteiger partial charge in [0.1, 0.15) is 17.2 Å². The van der Waals surface area contributed by atoms with Gasteiger partial charge in [0.15, 0.2) is 5.65 Å². The lowest BCUT2D eigenvalue weighted by Crippen LogP contribution is -2.30. The minimum atomic E-state index is -0.0188. The zero-order chi connectivity index (χ0) is 24.3. The number of nitrogens with zero attached hydrogens (tertiary/aromatic N) is 4. The quantitative estimate of drug-likeness (QED) is 0.437. The second kappa shape index (κ2) is 10.3. The average molecular weight is 473 g/mol. The third-order valence-corrected chi connectivity index (χ3v) is 7.83. The summed E-state index contributed by atoms with van der Waals surface area (Å²) in [5.74, 6) is 1.89. The fourth-order valence-electron chi connectivity index (χ4n) is 5.25. The fourth-order valence-corrected chi connectivity index (χ4v) is 5.25. The summed E-state index contributed by atoms with van der Waals surface area (Å²) in [4.78, 5) is 28.9. The van der Waals surface area contributed by atoms with Crippen molar-refractivity contribution in [2.45, 2.75) is 70.4 Å². The van der Waals surface area contributed by atoms with E-state index in [1.54, 1.807) is 6.07 Å². The van der Waals surface area contributed by atoms with E-state index in [1.807, 2.05) is 12.3 Å². The highest BCUT2D eigenvalue weighted by Crippen LogP contribution is 2.38. The summed E-state index contributed by atoms with van der Waals surface area (Å²) in [6.07, 6.45) is 9.30. The molecule has 7 nitrogen and oxygen atoms in total. The first-order valence-corrected chi connectivity index (χ1v) is 13.0. The summed E-state index contributed by atoms with van der Waals surface area (Å²) in [7, 11) is 0. The highest BCUT2D eigenvalue weighted by molar-refractivity contribution is 5.91. The zero-order valence-electron chi connectivity index (χ0n) is 20.8. The summed E-state index contributed by atoms with van der Waals surface area (Å²) >= 11 is 0. The van der Waals surface area contributed by atoms with Gasteiger partial charge in [0.2, 0.25) is 5.91 Å². The molecule has 2 unspecified atom stereocenters. The molecule has 2 aliphatic rings. The molecule has 3 aromatic rings. The first-order valence-electron chi connectivity index (χ1n) is 13.0. The monoisotopic (exact) mass is 472 g/mol. The van der Waals surface area contributed by atoms with E-state index in [9.17, 15) is 4.79 Å². The lowest BCUT2D eigenvalue weighted by atomic mass is 9.86. The van der Waals surface area contributed by atoms with Gasteiger partial charge < -0.3 is 15.5 Å². The predicted molar refractivity (Wildman–Crippen MR) is 141 cm³/mol. The van der Waals surface area contributed by atoms with E-state index < -0.39 is 0 Å². The second-order valence-corrected chi connectivity index (χ2v) is 10.3. The molecular weight excluding hydrogens is 436 g/mol. The number of carbonyl (C=O) groups is 1. The number of benzene rings is 1. The van der Waals surface area contributed by atoms with Crippen LogP contribution in [0.4, 0.5) is 11.6 Å². The van der Waals surface area contributed by atoms with Crippen molar-refractivity contribution in [1.29, 1.82) is 0 Å². The molecule has 4 heterocycles. The first-order chi connectivity index (χ1) is 17.0. The Labute approximate surface area is 207 Å². The van der Waals surface area contributed by atoms with E-state index in [0.717, 1.165) is 43.7 Å². The van der Waals surface area contributed by atoms with Gasteiger partial charge in [-0.1, -0.05) is 37.3 Å². The van der Waals surface area contributed by atoms with Crippen molar-refractivity contribution in [3.8, 4) is 0 Å². The number of aryl methyl sites for hydroxylation is 1. The fraction of sp³-hybridized carbons (Fsp3) is 0.500. The Morgan fingerprint density at radius 1 is 1.14 bits per heavy atom. The van der Waals surface area contributed by atoms with E-state index >= 15 is 0 Å². The number of nitrogens with one attached hydrogen (secondary N) is 2. The summed E-state index contributed by atoms with van der Waals surface area (Å²) in [6, 6.07) is 14.5. The largest absolute Gasteiger partial charge is 0.355 e. The molecule has 0 bridgehead atoms. The van der Waals surface area contributed by atoms with E-state index in [1.165, 1.54) is 24.8 Å². The molecule has 2 saturated heterocycles. The van der Waals surface area contributed by atoms with Crippen molar-refractivity contribution < 1.29 is 4.79 Å². The molecule has 0 spiro atoms. The van der Waals surface area contributed by atoms with Crippen molar-refractivity contribution in [2.75, 3.05) is 23.3 Å². The van der Waals surface area contributed by atoms with Gasteiger partial charge in [-0.3, -0.25) is 4.79 Å². The summed E-state index contributed by atoms with van der Waals surface area (Å²) in [5.41, 5.74) is 2.72. The molecule has 2 fully saturated rings. The second-order valence-electron chi connectivity index (χ2n) is 10.3. The maximum atomic E-state index is 12.8. The van der Waals surface area contributed by atoms with Crippen molar-refractivity contribution in [3.05, 3.63) is 54.2 Å². The van der Waals surface area contributed by atoms with Gasteiger partial charge in [0, 0.05) is 31.1 Å². The van der Waals surface area contributed by atoms with Gasteiger partial charge in [-0.05, 0) is 69.1 Å². The van der Waals surface area contributed by atoms with E-state index in [2.05, 4.69) is 69.7 Å². The molecule has 2 aliphatic heterocycles. The Balaban J connectivity index is 1.13. The number of carbonyl (C=O) groups excluding carboxylic acids is 1. The van der Waals surface area contributed by atoms with Crippen molar-refractivity contribution in [3.63, 3.8) is 0 Å². The lowest BCUT2D eigenvalue weighted by Gasteiger charge is -2.27. The smallest absolute Gasteiger partial charge is 0.227 e. The number of hydrogen-bond donors (Lipinski definition) is 2.